The summed E-state index contributed by atoms with van der Waals surface area (Å²) in [5.41, 5.74) is 6.55. The van der Waals surface area contributed by atoms with Gasteiger partial charge in [-0.2, -0.15) is 4.31 Å². The molecule has 0 aliphatic heterocycles. The van der Waals surface area contributed by atoms with Gasteiger partial charge in [-0.05, 0) is 12.0 Å². The maximum atomic E-state index is 14.4. The molecule has 0 aromatic heterocycles. The minimum absolute atomic E-state index is 0. The molecular weight excluding hydrogens is 395 g/mol. The van der Waals surface area contributed by atoms with Gasteiger partial charge in [-0.3, -0.25) is 0 Å². The summed E-state index contributed by atoms with van der Waals surface area (Å²) >= 11 is 0. The zero-order chi connectivity index (χ0) is 19.2. The summed E-state index contributed by atoms with van der Waals surface area (Å²) < 4.78 is 51.7. The van der Waals surface area contributed by atoms with Gasteiger partial charge >= 0.3 is 0 Å². The van der Waals surface area contributed by atoms with E-state index in [2.05, 4.69) is 0 Å². The van der Waals surface area contributed by atoms with Gasteiger partial charge in [-0.1, -0.05) is 30.3 Å². The SMILES string of the molecule is COc1cc(F)c(S(=O)(=O)N(CCN)CCc2ccccc2)cc1OC.Cl. The van der Waals surface area contributed by atoms with Crippen molar-refractivity contribution in [1.29, 1.82) is 0 Å². The molecule has 0 aliphatic rings. The van der Waals surface area contributed by atoms with Crippen molar-refractivity contribution < 1.29 is 22.3 Å². The van der Waals surface area contributed by atoms with Crippen molar-refractivity contribution in [2.75, 3.05) is 33.9 Å². The molecule has 0 saturated carbocycles. The molecule has 0 spiro atoms. The second-order valence-electron chi connectivity index (χ2n) is 5.57. The summed E-state index contributed by atoms with van der Waals surface area (Å²) in [5, 5.41) is 0. The van der Waals surface area contributed by atoms with Gasteiger partial charge in [-0.25, -0.2) is 12.8 Å². The maximum absolute atomic E-state index is 14.4. The van der Waals surface area contributed by atoms with Crippen molar-refractivity contribution in [3.05, 3.63) is 53.8 Å². The minimum atomic E-state index is -4.08. The molecule has 0 unspecified atom stereocenters. The Bertz CT molecular complexity index is 835. The van der Waals surface area contributed by atoms with Gasteiger partial charge in [0, 0.05) is 31.8 Å². The number of benzene rings is 2. The molecule has 0 fully saturated rings. The summed E-state index contributed by atoms with van der Waals surface area (Å²) in [7, 11) is -1.37. The van der Waals surface area contributed by atoms with Gasteiger partial charge in [-0.15, -0.1) is 12.4 Å². The third-order valence-corrected chi connectivity index (χ3v) is 5.84. The van der Waals surface area contributed by atoms with Crippen LogP contribution >= 0.6 is 12.4 Å². The van der Waals surface area contributed by atoms with E-state index in [1.54, 1.807) is 0 Å². The zero-order valence-electron chi connectivity index (χ0n) is 15.2. The largest absolute Gasteiger partial charge is 0.493 e. The Morgan fingerprint density at radius 1 is 1.04 bits per heavy atom. The Morgan fingerprint density at radius 3 is 2.19 bits per heavy atom. The number of hydrogen-bond donors (Lipinski definition) is 1. The lowest BCUT2D eigenvalue weighted by atomic mass is 10.1. The topological polar surface area (TPSA) is 81.9 Å². The molecule has 150 valence electrons. The summed E-state index contributed by atoms with van der Waals surface area (Å²) in [5.74, 6) is -0.633. The van der Waals surface area contributed by atoms with Gasteiger partial charge < -0.3 is 15.2 Å². The van der Waals surface area contributed by atoms with Crippen LogP contribution in [-0.2, 0) is 16.4 Å². The normalized spacial score (nSPS) is 11.1. The van der Waals surface area contributed by atoms with Crippen molar-refractivity contribution in [2.24, 2.45) is 5.73 Å². The molecule has 0 heterocycles. The van der Waals surface area contributed by atoms with Gasteiger partial charge in [0.2, 0.25) is 10.0 Å². The fourth-order valence-corrected chi connectivity index (χ4v) is 4.08. The first-order valence-corrected chi connectivity index (χ1v) is 9.53. The van der Waals surface area contributed by atoms with Gasteiger partial charge in [0.25, 0.3) is 0 Å². The van der Waals surface area contributed by atoms with Crippen LogP contribution in [0, 0.1) is 5.82 Å². The number of methoxy groups -OCH3 is 2. The van der Waals surface area contributed by atoms with E-state index in [0.717, 1.165) is 17.7 Å². The lowest BCUT2D eigenvalue weighted by molar-refractivity contribution is 0.349. The number of hydrogen-bond acceptors (Lipinski definition) is 5. The molecule has 0 bridgehead atoms. The predicted octanol–water partition coefficient (Wildman–Crippen LogP) is 2.46. The van der Waals surface area contributed by atoms with Gasteiger partial charge in [0.05, 0.1) is 14.2 Å². The van der Waals surface area contributed by atoms with E-state index in [4.69, 9.17) is 15.2 Å². The van der Waals surface area contributed by atoms with Crippen molar-refractivity contribution in [1.82, 2.24) is 4.31 Å². The van der Waals surface area contributed by atoms with E-state index in [1.807, 2.05) is 30.3 Å². The Balaban J connectivity index is 0.00000364. The van der Waals surface area contributed by atoms with Crippen LogP contribution in [-0.4, -0.2) is 46.6 Å². The summed E-state index contributed by atoms with van der Waals surface area (Å²) in [6.45, 7) is 0.406. The zero-order valence-corrected chi connectivity index (χ0v) is 16.9. The Morgan fingerprint density at radius 2 is 1.63 bits per heavy atom. The Hall–Kier alpha value is -1.87. The quantitative estimate of drug-likeness (QED) is 0.676. The van der Waals surface area contributed by atoms with Crippen LogP contribution < -0.4 is 15.2 Å². The van der Waals surface area contributed by atoms with Crippen molar-refractivity contribution in [3.8, 4) is 11.5 Å². The third-order valence-electron chi connectivity index (χ3n) is 3.93. The molecule has 0 aliphatic carbocycles. The number of sulfonamides is 1. The standard InChI is InChI=1S/C18H23FN2O4S.ClH/c1-24-16-12-15(19)18(13-17(16)25-2)26(22,23)21(11-9-20)10-8-14-6-4-3-5-7-14;/h3-7,12-13H,8-11,20H2,1-2H3;1H. The lowest BCUT2D eigenvalue weighted by Gasteiger charge is -2.22. The average Bonchev–Trinajstić information content (AvgIpc) is 2.65. The number of nitrogens with two attached hydrogens (primary N) is 1. The number of rotatable bonds is 9. The van der Waals surface area contributed by atoms with Crippen LogP contribution in [0.4, 0.5) is 4.39 Å². The maximum Gasteiger partial charge on any atom is 0.246 e. The molecule has 2 aromatic rings. The van der Waals surface area contributed by atoms with Crippen LogP contribution in [0.5, 0.6) is 11.5 Å². The van der Waals surface area contributed by atoms with Crippen LogP contribution in [0.3, 0.4) is 0 Å². The highest BCUT2D eigenvalue weighted by Crippen LogP contribution is 2.33. The molecule has 27 heavy (non-hydrogen) atoms. The highest BCUT2D eigenvalue weighted by atomic mass is 35.5. The highest BCUT2D eigenvalue weighted by Gasteiger charge is 2.28. The lowest BCUT2D eigenvalue weighted by Crippen LogP contribution is -2.37. The number of ether oxygens (including phenoxy) is 2. The van der Waals surface area contributed by atoms with Crippen LogP contribution in [0.25, 0.3) is 0 Å². The summed E-state index contributed by atoms with van der Waals surface area (Å²) in [6, 6.07) is 11.6. The van der Waals surface area contributed by atoms with E-state index >= 15 is 0 Å². The van der Waals surface area contributed by atoms with E-state index in [9.17, 15) is 12.8 Å². The van der Waals surface area contributed by atoms with Crippen LogP contribution in [0.15, 0.2) is 47.4 Å². The smallest absolute Gasteiger partial charge is 0.246 e. The highest BCUT2D eigenvalue weighted by molar-refractivity contribution is 7.89. The summed E-state index contributed by atoms with van der Waals surface area (Å²) in [6.07, 6.45) is 0.495. The first kappa shape index (κ1) is 23.2. The fraction of sp³-hybridized carbons (Fsp3) is 0.333. The second kappa shape index (κ2) is 10.5. The van der Waals surface area contributed by atoms with Gasteiger partial charge in [0.15, 0.2) is 11.5 Å². The molecule has 0 amide bonds. The Kier molecular flexibility index (Phi) is 8.98. The number of halogens is 2. The van der Waals surface area contributed by atoms with Crippen molar-refractivity contribution in [3.63, 3.8) is 0 Å². The minimum Gasteiger partial charge on any atom is -0.493 e. The third kappa shape index (κ3) is 5.55. The molecule has 9 heteroatoms. The molecule has 0 atom stereocenters. The number of nitrogens with zero attached hydrogens (tertiary/aromatic N) is 1. The molecular formula is C18H24ClFN2O4S. The predicted molar refractivity (Wildman–Crippen MR) is 105 cm³/mol. The first-order chi connectivity index (χ1) is 12.4. The fourth-order valence-electron chi connectivity index (χ4n) is 2.57. The van der Waals surface area contributed by atoms with Crippen molar-refractivity contribution in [2.45, 2.75) is 11.3 Å². The van der Waals surface area contributed by atoms with E-state index in [-0.39, 0.29) is 43.5 Å². The second-order valence-corrected chi connectivity index (χ2v) is 7.47. The Labute approximate surface area is 165 Å². The van der Waals surface area contributed by atoms with Crippen molar-refractivity contribution >= 4 is 22.4 Å². The van der Waals surface area contributed by atoms with Gasteiger partial charge in [0.1, 0.15) is 10.7 Å². The van der Waals surface area contributed by atoms with E-state index < -0.39 is 20.7 Å². The monoisotopic (exact) mass is 418 g/mol. The van der Waals surface area contributed by atoms with E-state index in [0.29, 0.717) is 6.42 Å². The van der Waals surface area contributed by atoms with E-state index in [1.165, 1.54) is 18.5 Å². The first-order valence-electron chi connectivity index (χ1n) is 8.09. The molecule has 2 N–H and O–H groups in total. The summed E-state index contributed by atoms with van der Waals surface area (Å²) in [4.78, 5) is -0.461. The molecule has 0 saturated heterocycles. The molecule has 2 aromatic carbocycles. The molecule has 6 nitrogen and oxygen atoms in total. The van der Waals surface area contributed by atoms with Crippen LogP contribution in [0.2, 0.25) is 0 Å². The van der Waals surface area contributed by atoms with Crippen LogP contribution in [0.1, 0.15) is 5.56 Å². The average molecular weight is 419 g/mol. The molecule has 0 radical (unpaired) electrons. The molecule has 2 rings (SSSR count).